The van der Waals surface area contributed by atoms with Crippen molar-refractivity contribution in [2.24, 2.45) is 0 Å². The van der Waals surface area contributed by atoms with Crippen LogP contribution < -0.4 is 0 Å². The van der Waals surface area contributed by atoms with Crippen LogP contribution in [0.2, 0.25) is 0 Å². The van der Waals surface area contributed by atoms with E-state index < -0.39 is 24.7 Å². The molecule has 16 rings (SSSR count). The number of amides is 4. The first-order valence-corrected chi connectivity index (χ1v) is 41.6. The maximum Gasteiger partial charge on any atom is 0.240 e. The second-order valence-electron chi connectivity index (χ2n) is 33.9. The molecule has 8 aliphatic heterocycles. The number of nitrogens with zero attached hydrogens (tertiary/aromatic N) is 8. The number of benzene rings is 8. The van der Waals surface area contributed by atoms with Crippen molar-refractivity contribution in [2.45, 2.75) is 205 Å². The molecule has 0 aromatic heterocycles. The summed E-state index contributed by atoms with van der Waals surface area (Å²) in [5.41, 5.74) is 14.5. The lowest BCUT2D eigenvalue weighted by Gasteiger charge is -2.37. The van der Waals surface area contributed by atoms with Gasteiger partial charge in [0.2, 0.25) is 23.6 Å². The highest BCUT2D eigenvalue weighted by Gasteiger charge is 2.45. The zero-order chi connectivity index (χ0) is 82.2. The largest absolute Gasteiger partial charge is 0.337 e. The average molecular weight is 1590 g/mol. The molecule has 20 heteroatoms. The fraction of sp³-hybridized carbons (Fsp3) is 0.458. The van der Waals surface area contributed by atoms with Crippen molar-refractivity contribution in [3.05, 3.63) is 282 Å². The predicted octanol–water partition coefficient (Wildman–Crippen LogP) is 17.5. The molecule has 0 aliphatic carbocycles. The minimum atomic E-state index is -0.973. The van der Waals surface area contributed by atoms with Crippen LogP contribution in [0.25, 0.3) is 0 Å². The minimum Gasteiger partial charge on any atom is -0.337 e. The summed E-state index contributed by atoms with van der Waals surface area (Å²) in [6, 6.07) is 51.8. The van der Waals surface area contributed by atoms with E-state index in [-0.39, 0.29) is 94.7 Å². The first-order chi connectivity index (χ1) is 55.7. The topological polar surface area (TPSA) is 94.2 Å². The first kappa shape index (κ1) is 84.8. The van der Waals surface area contributed by atoms with E-state index in [1.807, 2.05) is 169 Å². The zero-order valence-electron chi connectivity index (χ0n) is 68.3. The number of aryl methyl sites for hydroxylation is 8. The molecule has 8 fully saturated rings. The van der Waals surface area contributed by atoms with Gasteiger partial charge in [0.1, 0.15) is 48.0 Å². The third kappa shape index (κ3) is 20.5. The predicted molar refractivity (Wildman–Crippen MR) is 440 cm³/mol. The molecular weight excluding hydrogens is 1480 g/mol. The van der Waals surface area contributed by atoms with Gasteiger partial charge in [-0.3, -0.25) is 38.8 Å². The van der Waals surface area contributed by atoms with Crippen molar-refractivity contribution < 1.29 is 54.3 Å². The molecule has 8 heterocycles. The Morgan fingerprint density at radius 3 is 0.621 bits per heavy atom. The molecule has 0 saturated carbocycles. The summed E-state index contributed by atoms with van der Waals surface area (Å²) in [5.74, 6) is -1.26. The molecule has 0 unspecified atom stereocenters. The van der Waals surface area contributed by atoms with E-state index >= 15 is 0 Å². The average Bonchev–Trinajstić information content (AvgIpc) is 1.65. The van der Waals surface area contributed by atoms with Gasteiger partial charge in [-0.15, -0.1) is 0 Å². The molecule has 8 saturated heterocycles. The number of alkyl halides is 4. The number of carbonyl (C=O) groups excluding carboxylic acids is 4. The maximum absolute atomic E-state index is 15.0. The number of piperidine rings is 4. The van der Waals surface area contributed by atoms with Crippen LogP contribution in [-0.2, 0) is 45.4 Å². The zero-order valence-corrected chi connectivity index (χ0v) is 68.3. The fourth-order valence-electron chi connectivity index (χ4n) is 18.3. The quantitative estimate of drug-likeness (QED) is 0.0883. The summed E-state index contributed by atoms with van der Waals surface area (Å²) in [6.07, 6.45) is 1.80. The molecule has 0 spiro atoms. The van der Waals surface area contributed by atoms with Gasteiger partial charge >= 0.3 is 0 Å². The van der Waals surface area contributed by atoms with Gasteiger partial charge in [0.25, 0.3) is 0 Å². The summed E-state index contributed by atoms with van der Waals surface area (Å²) in [4.78, 5) is 66.8. The van der Waals surface area contributed by atoms with E-state index in [0.29, 0.717) is 126 Å². The molecule has 0 radical (unpaired) electrons. The van der Waals surface area contributed by atoms with Crippen LogP contribution in [-0.4, -0.2) is 190 Å². The highest BCUT2D eigenvalue weighted by molar-refractivity contribution is 5.86. The first-order valence-electron chi connectivity index (χ1n) is 41.6. The lowest BCUT2D eigenvalue weighted by Crippen LogP contribution is -2.49. The van der Waals surface area contributed by atoms with E-state index in [0.717, 1.165) is 96.4 Å². The van der Waals surface area contributed by atoms with Gasteiger partial charge in [0.05, 0.1) is 24.2 Å². The Morgan fingerprint density at radius 2 is 0.448 bits per heavy atom. The number of rotatable bonds is 16. The molecule has 4 amide bonds. The van der Waals surface area contributed by atoms with Crippen LogP contribution in [0.4, 0.5) is 35.1 Å². The Kier molecular flexibility index (Phi) is 27.9. The normalized spacial score (nSPS) is 25.6. The highest BCUT2D eigenvalue weighted by atomic mass is 19.2. The molecule has 116 heavy (non-hydrogen) atoms. The third-order valence-electron chi connectivity index (χ3n) is 25.6. The maximum atomic E-state index is 15.0. The van der Waals surface area contributed by atoms with Crippen molar-refractivity contribution in [3.8, 4) is 0 Å². The van der Waals surface area contributed by atoms with Crippen LogP contribution in [0, 0.1) is 78.7 Å². The van der Waals surface area contributed by atoms with Crippen LogP contribution in [0.15, 0.2) is 170 Å². The van der Waals surface area contributed by atoms with Gasteiger partial charge in [0.15, 0.2) is 0 Å². The van der Waals surface area contributed by atoms with Gasteiger partial charge in [-0.1, -0.05) is 168 Å². The molecule has 0 bridgehead atoms. The van der Waals surface area contributed by atoms with E-state index in [4.69, 9.17) is 0 Å². The van der Waals surface area contributed by atoms with Crippen LogP contribution >= 0.6 is 0 Å². The number of carbonyl (C=O) groups is 4. The Morgan fingerprint density at radius 1 is 0.259 bits per heavy atom. The number of hydrogen-bond donors (Lipinski definition) is 0. The Balaban J connectivity index is 0.000000135. The second-order valence-corrected chi connectivity index (χ2v) is 33.9. The number of halogens is 8. The summed E-state index contributed by atoms with van der Waals surface area (Å²) in [5, 5.41) is 0. The molecule has 8 aliphatic rings. The molecule has 12 atom stereocenters. The lowest BCUT2D eigenvalue weighted by atomic mass is 9.87. The van der Waals surface area contributed by atoms with Crippen LogP contribution in [0.5, 0.6) is 0 Å². The van der Waals surface area contributed by atoms with Crippen molar-refractivity contribution >= 4 is 23.6 Å². The number of hydrogen-bond acceptors (Lipinski definition) is 8. The van der Waals surface area contributed by atoms with E-state index in [2.05, 4.69) is 0 Å². The molecule has 616 valence electrons. The van der Waals surface area contributed by atoms with Crippen LogP contribution in [0.1, 0.15) is 164 Å². The van der Waals surface area contributed by atoms with Crippen molar-refractivity contribution in [1.82, 2.24) is 39.2 Å². The standard InChI is InChI=1S/4C24H28F2N2O/c4*1-16-3-7-19(8-4-16)20-9-11-27(15-22(20)26)23-10-12-28(24(23)29)14-18-6-5-17(2)21(25)13-18/h4*3-8,13,20,22-23H,9-12,14-15H2,1-2H3/t3*20-,22+,23+;20-,22+,23-/m1001/s1. The van der Waals surface area contributed by atoms with Crippen LogP contribution in [0.3, 0.4) is 0 Å². The molecular formula is C96H112F8N8O4. The van der Waals surface area contributed by atoms with Gasteiger partial charge in [-0.2, -0.15) is 0 Å². The van der Waals surface area contributed by atoms with E-state index in [1.54, 1.807) is 71.6 Å². The summed E-state index contributed by atoms with van der Waals surface area (Å²) < 4.78 is 115. The lowest BCUT2D eigenvalue weighted by molar-refractivity contribution is -0.134. The van der Waals surface area contributed by atoms with Gasteiger partial charge in [-0.25, -0.2) is 35.1 Å². The monoisotopic (exact) mass is 1590 g/mol. The summed E-state index contributed by atoms with van der Waals surface area (Å²) >= 11 is 0. The molecule has 12 nitrogen and oxygen atoms in total. The molecule has 0 N–H and O–H groups in total. The number of likely N-dealkylation sites (tertiary alicyclic amines) is 8. The van der Waals surface area contributed by atoms with Gasteiger partial charge < -0.3 is 19.6 Å². The highest BCUT2D eigenvalue weighted by Crippen LogP contribution is 2.39. The van der Waals surface area contributed by atoms with Gasteiger partial charge in [-0.05, 0) is 224 Å². The Hall–Kier alpha value is -9.08. The SMILES string of the molecule is Cc1ccc([C@@H]2CCN([C@@H]3CCN(Cc4ccc(C)c(F)c4)C3=O)C[C@H]2F)cc1.Cc1ccc([C@@H]2CCN([C@@H]3CCN(Cc4ccc(C)c(F)c4)C3=O)C[C@H]2F)cc1.Cc1ccc([C@H]2CCN([C@@H]3CCN(Cc4ccc(C)c(F)c4)C3=O)C[C@@H]2F)cc1.Cc1ccc([C@H]2CCN([C@H]3CCN(Cc4ccc(C)c(F)c4)C3=O)C[C@@H]2F)cc1. The second kappa shape index (κ2) is 38.1. The minimum absolute atomic E-state index is 0.0342. The summed E-state index contributed by atoms with van der Waals surface area (Å²) in [6.45, 7) is 23.3. The van der Waals surface area contributed by atoms with Gasteiger partial charge in [0, 0.05) is 102 Å². The molecule has 8 aromatic carbocycles. The Labute approximate surface area is 679 Å². The Bertz CT molecular complexity index is 4120. The summed E-state index contributed by atoms with van der Waals surface area (Å²) in [7, 11) is 0. The third-order valence-corrected chi connectivity index (χ3v) is 25.6. The smallest absolute Gasteiger partial charge is 0.240 e. The van der Waals surface area contributed by atoms with Crippen molar-refractivity contribution in [1.29, 1.82) is 0 Å². The van der Waals surface area contributed by atoms with Crippen molar-refractivity contribution in [3.63, 3.8) is 0 Å². The van der Waals surface area contributed by atoms with E-state index in [9.17, 15) is 54.3 Å². The van der Waals surface area contributed by atoms with E-state index in [1.165, 1.54) is 46.5 Å². The fourth-order valence-corrected chi connectivity index (χ4v) is 18.3. The van der Waals surface area contributed by atoms with Crippen molar-refractivity contribution in [2.75, 3.05) is 78.5 Å². The molecule has 8 aromatic rings.